The summed E-state index contributed by atoms with van der Waals surface area (Å²) in [5.74, 6) is 0. The topological polar surface area (TPSA) is 0 Å². The highest BCUT2D eigenvalue weighted by Gasteiger charge is 2.23. The standard InChI is InChI=1S/C12H13Br/c13-12-7-8-3-1-4-9(8)10-5-2-6-11(10)12/h7H,1-6H2. The van der Waals surface area contributed by atoms with Gasteiger partial charge in [-0.1, -0.05) is 15.9 Å². The van der Waals surface area contributed by atoms with E-state index in [1.807, 2.05) is 0 Å². The lowest BCUT2D eigenvalue weighted by atomic mass is 10.00. The first-order chi connectivity index (χ1) is 6.36. The fraction of sp³-hybridized carbons (Fsp3) is 0.500. The van der Waals surface area contributed by atoms with E-state index in [2.05, 4.69) is 22.0 Å². The van der Waals surface area contributed by atoms with Crippen LogP contribution >= 0.6 is 15.9 Å². The summed E-state index contributed by atoms with van der Waals surface area (Å²) >= 11 is 3.70. The van der Waals surface area contributed by atoms with Crippen molar-refractivity contribution in [2.45, 2.75) is 38.5 Å². The van der Waals surface area contributed by atoms with Gasteiger partial charge < -0.3 is 0 Å². The highest BCUT2D eigenvalue weighted by molar-refractivity contribution is 9.10. The molecule has 0 nitrogen and oxygen atoms in total. The van der Waals surface area contributed by atoms with Crippen molar-refractivity contribution in [2.24, 2.45) is 0 Å². The number of hydrogen-bond donors (Lipinski definition) is 0. The van der Waals surface area contributed by atoms with Crippen LogP contribution in [0.1, 0.15) is 35.1 Å². The molecule has 0 heterocycles. The summed E-state index contributed by atoms with van der Waals surface area (Å²) in [5.41, 5.74) is 6.63. The SMILES string of the molecule is Brc1cc2c(c3c1CCC3)CCC2. The van der Waals surface area contributed by atoms with Crippen molar-refractivity contribution < 1.29 is 0 Å². The van der Waals surface area contributed by atoms with Gasteiger partial charge in [-0.25, -0.2) is 0 Å². The molecule has 13 heavy (non-hydrogen) atoms. The zero-order chi connectivity index (χ0) is 8.84. The first kappa shape index (κ1) is 8.05. The van der Waals surface area contributed by atoms with Gasteiger partial charge in [-0.2, -0.15) is 0 Å². The molecule has 0 aliphatic heterocycles. The third-order valence-electron chi connectivity index (χ3n) is 3.43. The van der Waals surface area contributed by atoms with E-state index in [-0.39, 0.29) is 0 Å². The fourth-order valence-electron chi connectivity index (χ4n) is 2.85. The number of halogens is 1. The van der Waals surface area contributed by atoms with Gasteiger partial charge in [-0.15, -0.1) is 0 Å². The lowest BCUT2D eigenvalue weighted by Crippen LogP contribution is -1.93. The summed E-state index contributed by atoms with van der Waals surface area (Å²) in [6, 6.07) is 2.37. The minimum Gasteiger partial charge on any atom is -0.0505 e. The Hall–Kier alpha value is -0.300. The van der Waals surface area contributed by atoms with E-state index >= 15 is 0 Å². The average Bonchev–Trinajstić information content (AvgIpc) is 2.66. The molecule has 0 N–H and O–H groups in total. The largest absolute Gasteiger partial charge is 0.0505 e. The van der Waals surface area contributed by atoms with Gasteiger partial charge in [0, 0.05) is 4.47 Å². The van der Waals surface area contributed by atoms with Crippen LogP contribution in [0.15, 0.2) is 10.5 Å². The van der Waals surface area contributed by atoms with Crippen LogP contribution in [0.25, 0.3) is 0 Å². The predicted molar refractivity (Wildman–Crippen MR) is 58.2 cm³/mol. The molecule has 0 fully saturated rings. The third kappa shape index (κ3) is 1.10. The quantitative estimate of drug-likeness (QED) is 0.648. The first-order valence-electron chi connectivity index (χ1n) is 5.18. The predicted octanol–water partition coefficient (Wildman–Crippen LogP) is 3.43. The third-order valence-corrected chi connectivity index (χ3v) is 4.14. The lowest BCUT2D eigenvalue weighted by molar-refractivity contribution is 0.887. The minimum atomic E-state index is 1.29. The van der Waals surface area contributed by atoms with Crippen LogP contribution in [0.5, 0.6) is 0 Å². The van der Waals surface area contributed by atoms with E-state index in [1.54, 1.807) is 22.3 Å². The molecular weight excluding hydrogens is 224 g/mol. The molecule has 3 rings (SSSR count). The van der Waals surface area contributed by atoms with E-state index in [0.29, 0.717) is 0 Å². The van der Waals surface area contributed by atoms with Gasteiger partial charge in [-0.05, 0) is 66.8 Å². The van der Waals surface area contributed by atoms with Gasteiger partial charge in [0.25, 0.3) is 0 Å². The van der Waals surface area contributed by atoms with Crippen LogP contribution < -0.4 is 0 Å². The summed E-state index contributed by atoms with van der Waals surface area (Å²) in [4.78, 5) is 0. The zero-order valence-electron chi connectivity index (χ0n) is 7.70. The van der Waals surface area contributed by atoms with Gasteiger partial charge in [-0.3, -0.25) is 0 Å². The maximum atomic E-state index is 3.70. The van der Waals surface area contributed by atoms with Crippen LogP contribution in [-0.2, 0) is 25.7 Å². The Morgan fingerprint density at radius 3 is 2.46 bits per heavy atom. The highest BCUT2D eigenvalue weighted by Crippen LogP contribution is 2.37. The number of hydrogen-bond acceptors (Lipinski definition) is 0. The molecule has 0 saturated carbocycles. The molecule has 1 heteroatoms. The van der Waals surface area contributed by atoms with Crippen molar-refractivity contribution in [1.29, 1.82) is 0 Å². The second kappa shape index (κ2) is 2.84. The number of rotatable bonds is 0. The summed E-state index contributed by atoms with van der Waals surface area (Å²) < 4.78 is 1.38. The van der Waals surface area contributed by atoms with Crippen molar-refractivity contribution in [1.82, 2.24) is 0 Å². The first-order valence-corrected chi connectivity index (χ1v) is 5.97. The molecule has 0 aromatic heterocycles. The zero-order valence-corrected chi connectivity index (χ0v) is 9.28. The Bertz CT molecular complexity index is 366. The van der Waals surface area contributed by atoms with Crippen molar-refractivity contribution in [3.8, 4) is 0 Å². The monoisotopic (exact) mass is 236 g/mol. The molecule has 0 saturated heterocycles. The van der Waals surface area contributed by atoms with E-state index < -0.39 is 0 Å². The normalized spacial score (nSPS) is 18.8. The van der Waals surface area contributed by atoms with Crippen LogP contribution in [0.2, 0.25) is 0 Å². The molecular formula is C12H13Br. The fourth-order valence-corrected chi connectivity index (χ4v) is 3.57. The van der Waals surface area contributed by atoms with E-state index in [9.17, 15) is 0 Å². The molecule has 2 aliphatic carbocycles. The Morgan fingerprint density at radius 2 is 1.54 bits per heavy atom. The maximum absolute atomic E-state index is 3.70. The Labute approximate surface area is 87.5 Å². The van der Waals surface area contributed by atoms with E-state index in [1.165, 1.54) is 43.0 Å². The molecule has 0 unspecified atom stereocenters. The summed E-state index contributed by atoms with van der Waals surface area (Å²) in [7, 11) is 0. The van der Waals surface area contributed by atoms with Gasteiger partial charge in [0.05, 0.1) is 0 Å². The second-order valence-corrected chi connectivity index (χ2v) is 5.01. The molecule has 0 spiro atoms. The number of benzene rings is 1. The summed E-state index contributed by atoms with van der Waals surface area (Å²) in [6.45, 7) is 0. The average molecular weight is 237 g/mol. The van der Waals surface area contributed by atoms with Crippen LogP contribution in [-0.4, -0.2) is 0 Å². The number of aryl methyl sites for hydroxylation is 1. The minimum absolute atomic E-state index is 1.29. The van der Waals surface area contributed by atoms with Crippen LogP contribution in [0.3, 0.4) is 0 Å². The van der Waals surface area contributed by atoms with Crippen molar-refractivity contribution in [3.05, 3.63) is 32.8 Å². The van der Waals surface area contributed by atoms with Crippen LogP contribution in [0, 0.1) is 0 Å². The molecule has 68 valence electrons. The van der Waals surface area contributed by atoms with E-state index in [4.69, 9.17) is 0 Å². The van der Waals surface area contributed by atoms with Gasteiger partial charge in [0.15, 0.2) is 0 Å². The molecule has 0 radical (unpaired) electrons. The molecule has 2 aliphatic rings. The van der Waals surface area contributed by atoms with Gasteiger partial charge >= 0.3 is 0 Å². The Kier molecular flexibility index (Phi) is 1.76. The number of fused-ring (bicyclic) bond motifs is 3. The van der Waals surface area contributed by atoms with Crippen molar-refractivity contribution in [2.75, 3.05) is 0 Å². The lowest BCUT2D eigenvalue weighted by Gasteiger charge is -2.09. The maximum Gasteiger partial charge on any atom is 0.0212 e. The summed E-state index contributed by atoms with van der Waals surface area (Å²) in [5, 5.41) is 0. The molecule has 0 bridgehead atoms. The smallest absolute Gasteiger partial charge is 0.0212 e. The Morgan fingerprint density at radius 1 is 0.846 bits per heavy atom. The van der Waals surface area contributed by atoms with E-state index in [0.717, 1.165) is 0 Å². The second-order valence-electron chi connectivity index (χ2n) is 4.16. The summed E-state index contributed by atoms with van der Waals surface area (Å²) in [6.07, 6.45) is 8.01. The highest BCUT2D eigenvalue weighted by atomic mass is 79.9. The Balaban J connectivity index is 2.28. The molecule has 0 atom stereocenters. The van der Waals surface area contributed by atoms with Crippen molar-refractivity contribution >= 4 is 15.9 Å². The van der Waals surface area contributed by atoms with Gasteiger partial charge in [0.2, 0.25) is 0 Å². The molecule has 1 aromatic rings. The molecule has 0 amide bonds. The molecule has 1 aromatic carbocycles. The van der Waals surface area contributed by atoms with Gasteiger partial charge in [0.1, 0.15) is 0 Å². The van der Waals surface area contributed by atoms with Crippen molar-refractivity contribution in [3.63, 3.8) is 0 Å². The van der Waals surface area contributed by atoms with Crippen LogP contribution in [0.4, 0.5) is 0 Å².